The Morgan fingerprint density at radius 2 is 1.88 bits per heavy atom. The van der Waals surface area contributed by atoms with E-state index in [9.17, 15) is 4.79 Å². The molecule has 1 N–H and O–H groups in total. The second kappa shape index (κ2) is 10.7. The maximum Gasteiger partial charge on any atom is 0.250 e. The van der Waals surface area contributed by atoms with Gasteiger partial charge in [0.25, 0.3) is 0 Å². The molecule has 0 radical (unpaired) electrons. The van der Waals surface area contributed by atoms with Gasteiger partial charge >= 0.3 is 0 Å². The Morgan fingerprint density at radius 3 is 2.58 bits per heavy atom. The van der Waals surface area contributed by atoms with E-state index in [1.165, 1.54) is 11.8 Å². The Kier molecular flexibility index (Phi) is 8.31. The summed E-state index contributed by atoms with van der Waals surface area (Å²) < 4.78 is 11.1. The number of hydrogen-bond acceptors (Lipinski definition) is 5. The number of carbonyl (C=O) groups is 1. The lowest BCUT2D eigenvalue weighted by Crippen LogP contribution is -2.19. The summed E-state index contributed by atoms with van der Waals surface area (Å²) in [5, 5.41) is 4.68. The first-order chi connectivity index (χ1) is 12.6. The van der Waals surface area contributed by atoms with Gasteiger partial charge in [-0.15, -0.1) is 11.8 Å². The van der Waals surface area contributed by atoms with Gasteiger partial charge in [0.2, 0.25) is 5.91 Å². The molecule has 0 aromatic heterocycles. The minimum Gasteiger partial charge on any atom is -0.494 e. The molecule has 0 spiro atoms. The maximum absolute atomic E-state index is 11.9. The average Bonchev–Trinajstić information content (AvgIpc) is 2.63. The van der Waals surface area contributed by atoms with Gasteiger partial charge in [-0.2, -0.15) is 5.10 Å². The minimum atomic E-state index is -0.190. The summed E-state index contributed by atoms with van der Waals surface area (Å²) in [5.74, 6) is 1.47. The van der Waals surface area contributed by atoms with Gasteiger partial charge in [0.1, 0.15) is 11.5 Å². The van der Waals surface area contributed by atoms with Crippen LogP contribution in [0.1, 0.15) is 19.4 Å². The number of amides is 1. The van der Waals surface area contributed by atoms with Crippen LogP contribution in [0, 0.1) is 0 Å². The van der Waals surface area contributed by atoms with E-state index in [1.807, 2.05) is 44.2 Å². The Bertz CT molecular complexity index is 751. The third kappa shape index (κ3) is 6.61. The number of thioether (sulfide) groups is 1. The monoisotopic (exact) mass is 392 g/mol. The highest BCUT2D eigenvalue weighted by atomic mass is 35.5. The molecule has 7 heteroatoms. The fourth-order valence-electron chi connectivity index (χ4n) is 2.04. The van der Waals surface area contributed by atoms with Crippen LogP contribution in [0.5, 0.6) is 11.5 Å². The summed E-state index contributed by atoms with van der Waals surface area (Å²) in [6, 6.07) is 12.8. The highest BCUT2D eigenvalue weighted by Crippen LogP contribution is 2.24. The van der Waals surface area contributed by atoms with Crippen LogP contribution < -0.4 is 14.9 Å². The van der Waals surface area contributed by atoms with Crippen molar-refractivity contribution in [3.63, 3.8) is 0 Å². The fourth-order valence-corrected chi connectivity index (χ4v) is 2.86. The summed E-state index contributed by atoms with van der Waals surface area (Å²) in [7, 11) is 0. The van der Waals surface area contributed by atoms with Gasteiger partial charge in [0.15, 0.2) is 0 Å². The molecule has 0 unspecified atom stereocenters. The van der Waals surface area contributed by atoms with Gasteiger partial charge in [0, 0.05) is 21.5 Å². The van der Waals surface area contributed by atoms with E-state index >= 15 is 0 Å². The first kappa shape index (κ1) is 20.1. The quantitative estimate of drug-likeness (QED) is 0.391. The lowest BCUT2D eigenvalue weighted by Gasteiger charge is -2.10. The maximum atomic E-state index is 11.9. The zero-order chi connectivity index (χ0) is 18.8. The molecule has 0 fully saturated rings. The van der Waals surface area contributed by atoms with E-state index in [0.717, 1.165) is 16.2 Å². The Hall–Kier alpha value is -2.18. The second-order valence-electron chi connectivity index (χ2n) is 5.10. The highest BCUT2D eigenvalue weighted by molar-refractivity contribution is 8.00. The molecule has 0 bridgehead atoms. The van der Waals surface area contributed by atoms with Crippen molar-refractivity contribution in [1.82, 2.24) is 5.43 Å². The number of nitrogens with one attached hydrogen (secondary N) is 1. The van der Waals surface area contributed by atoms with E-state index in [2.05, 4.69) is 10.5 Å². The molecule has 2 aromatic carbocycles. The van der Waals surface area contributed by atoms with Crippen molar-refractivity contribution < 1.29 is 14.3 Å². The van der Waals surface area contributed by atoms with Gasteiger partial charge in [-0.1, -0.05) is 11.6 Å². The number of halogens is 1. The number of ether oxygens (including phenoxy) is 2. The zero-order valence-corrected chi connectivity index (χ0v) is 16.3. The Balaban J connectivity index is 1.90. The third-order valence-corrected chi connectivity index (χ3v) is 4.44. The number of rotatable bonds is 9. The van der Waals surface area contributed by atoms with Gasteiger partial charge in [-0.05, 0) is 50.2 Å². The van der Waals surface area contributed by atoms with E-state index in [-0.39, 0.29) is 11.7 Å². The molecule has 0 aliphatic rings. The molecule has 138 valence electrons. The minimum absolute atomic E-state index is 0.190. The van der Waals surface area contributed by atoms with Crippen LogP contribution in [0.25, 0.3) is 0 Å². The number of carbonyl (C=O) groups excluding carboxylic acids is 1. The van der Waals surface area contributed by atoms with Gasteiger partial charge < -0.3 is 9.47 Å². The van der Waals surface area contributed by atoms with Crippen molar-refractivity contribution in [2.24, 2.45) is 5.10 Å². The van der Waals surface area contributed by atoms with Crippen molar-refractivity contribution in [2.75, 3.05) is 19.0 Å². The smallest absolute Gasteiger partial charge is 0.250 e. The molecule has 0 saturated carbocycles. The lowest BCUT2D eigenvalue weighted by atomic mass is 10.2. The van der Waals surface area contributed by atoms with Crippen molar-refractivity contribution in [2.45, 2.75) is 18.7 Å². The Morgan fingerprint density at radius 1 is 1.15 bits per heavy atom. The summed E-state index contributed by atoms with van der Waals surface area (Å²) in [5.41, 5.74) is 3.28. The van der Waals surface area contributed by atoms with E-state index in [4.69, 9.17) is 21.1 Å². The standard InChI is InChI=1S/C19H21ClN2O3S/c1-3-24-16-8-5-14(18(11-16)25-4-2)12-21-22-19(23)13-26-17-9-6-15(20)7-10-17/h5-12H,3-4,13H2,1-2H3,(H,22,23)/b21-12-. The third-order valence-electron chi connectivity index (χ3n) is 3.17. The molecule has 26 heavy (non-hydrogen) atoms. The number of hydrogen-bond donors (Lipinski definition) is 1. The summed E-state index contributed by atoms with van der Waals surface area (Å²) in [6.07, 6.45) is 1.56. The summed E-state index contributed by atoms with van der Waals surface area (Å²) in [6.45, 7) is 4.94. The predicted molar refractivity (Wildman–Crippen MR) is 107 cm³/mol. The molecule has 0 aliphatic heterocycles. The first-order valence-electron chi connectivity index (χ1n) is 8.22. The normalized spacial score (nSPS) is 10.7. The van der Waals surface area contributed by atoms with E-state index < -0.39 is 0 Å². The van der Waals surface area contributed by atoms with Crippen molar-refractivity contribution in [1.29, 1.82) is 0 Å². The summed E-state index contributed by atoms with van der Waals surface area (Å²) >= 11 is 7.25. The molecule has 0 heterocycles. The topological polar surface area (TPSA) is 59.9 Å². The van der Waals surface area contributed by atoms with Crippen LogP contribution in [0.2, 0.25) is 5.02 Å². The molecule has 2 aromatic rings. The SMILES string of the molecule is CCOc1ccc(/C=N\NC(=O)CSc2ccc(Cl)cc2)c(OCC)c1. The molecular formula is C19H21ClN2O3S. The summed E-state index contributed by atoms with van der Waals surface area (Å²) in [4.78, 5) is 12.9. The first-order valence-corrected chi connectivity index (χ1v) is 9.58. The van der Waals surface area contributed by atoms with Crippen LogP contribution in [0.3, 0.4) is 0 Å². The zero-order valence-electron chi connectivity index (χ0n) is 14.7. The van der Waals surface area contributed by atoms with Crippen molar-refractivity contribution in [3.8, 4) is 11.5 Å². The number of hydrazone groups is 1. The molecular weight excluding hydrogens is 372 g/mol. The van der Waals surface area contributed by atoms with Gasteiger partial charge in [0.05, 0.1) is 25.2 Å². The van der Waals surface area contributed by atoms with Crippen LogP contribution in [-0.4, -0.2) is 31.1 Å². The van der Waals surface area contributed by atoms with Crippen molar-refractivity contribution >= 4 is 35.5 Å². The molecule has 2 rings (SSSR count). The molecule has 0 saturated heterocycles. The van der Waals surface area contributed by atoms with Crippen LogP contribution in [0.4, 0.5) is 0 Å². The number of nitrogens with zero attached hydrogens (tertiary/aromatic N) is 1. The molecule has 0 aliphatic carbocycles. The Labute approximate surface area is 162 Å². The average molecular weight is 393 g/mol. The van der Waals surface area contributed by atoms with Gasteiger partial charge in [-0.25, -0.2) is 5.43 Å². The van der Waals surface area contributed by atoms with Crippen LogP contribution >= 0.6 is 23.4 Å². The van der Waals surface area contributed by atoms with Crippen LogP contribution in [0.15, 0.2) is 52.5 Å². The molecule has 1 amide bonds. The van der Waals surface area contributed by atoms with Crippen LogP contribution in [-0.2, 0) is 4.79 Å². The largest absolute Gasteiger partial charge is 0.494 e. The number of benzene rings is 2. The van der Waals surface area contributed by atoms with E-state index in [1.54, 1.807) is 18.3 Å². The van der Waals surface area contributed by atoms with Crippen molar-refractivity contribution in [3.05, 3.63) is 53.1 Å². The molecule has 0 atom stereocenters. The molecule has 5 nitrogen and oxygen atoms in total. The second-order valence-corrected chi connectivity index (χ2v) is 6.59. The fraction of sp³-hybridized carbons (Fsp3) is 0.263. The van der Waals surface area contributed by atoms with Gasteiger partial charge in [-0.3, -0.25) is 4.79 Å². The highest BCUT2D eigenvalue weighted by Gasteiger charge is 2.05. The predicted octanol–water partition coefficient (Wildman–Crippen LogP) is 4.38. The lowest BCUT2D eigenvalue weighted by molar-refractivity contribution is -0.118. The van der Waals surface area contributed by atoms with E-state index in [0.29, 0.717) is 24.0 Å².